The molecule has 3 rings (SSSR count). The second-order valence-corrected chi connectivity index (χ2v) is 4.40. The molecular formula is C11H14N4O. The third-order valence-corrected chi connectivity index (χ3v) is 3.31. The number of hydrogen-bond donors (Lipinski definition) is 0. The number of amides is 1. The van der Waals surface area contributed by atoms with E-state index in [0.717, 1.165) is 31.0 Å². The van der Waals surface area contributed by atoms with Crippen molar-refractivity contribution >= 4 is 17.4 Å². The zero-order valence-corrected chi connectivity index (χ0v) is 9.47. The van der Waals surface area contributed by atoms with E-state index in [1.54, 1.807) is 6.92 Å². The molecule has 84 valence electrons. The van der Waals surface area contributed by atoms with Crippen LogP contribution >= 0.6 is 0 Å². The van der Waals surface area contributed by atoms with Gasteiger partial charge in [0.1, 0.15) is 5.82 Å². The number of nitrogens with zero attached hydrogens (tertiary/aromatic N) is 4. The van der Waals surface area contributed by atoms with Crippen LogP contribution in [0.1, 0.15) is 19.2 Å². The molecule has 1 saturated heterocycles. The van der Waals surface area contributed by atoms with E-state index in [2.05, 4.69) is 14.9 Å². The van der Waals surface area contributed by atoms with Crippen LogP contribution in [0.3, 0.4) is 0 Å². The van der Waals surface area contributed by atoms with E-state index in [-0.39, 0.29) is 5.91 Å². The third-order valence-electron chi connectivity index (χ3n) is 3.31. The molecule has 1 atom stereocenters. The van der Waals surface area contributed by atoms with Gasteiger partial charge < -0.3 is 4.90 Å². The molecule has 1 amide bonds. The van der Waals surface area contributed by atoms with Crippen LogP contribution in [0, 0.1) is 6.92 Å². The molecule has 0 aliphatic carbocycles. The van der Waals surface area contributed by atoms with Gasteiger partial charge in [-0.2, -0.15) is 0 Å². The normalized spacial score (nSPS) is 22.2. The average molecular weight is 218 g/mol. The molecule has 0 saturated carbocycles. The number of carbonyl (C=O) groups excluding carboxylic acids is 1. The molecule has 5 nitrogen and oxygen atoms in total. The molecule has 1 unspecified atom stereocenters. The highest BCUT2D eigenvalue weighted by atomic mass is 16.2. The Morgan fingerprint density at radius 3 is 3.12 bits per heavy atom. The maximum Gasteiger partial charge on any atom is 0.225 e. The first kappa shape index (κ1) is 9.57. The van der Waals surface area contributed by atoms with Gasteiger partial charge >= 0.3 is 0 Å². The Hall–Kier alpha value is -1.65. The number of anilines is 2. The van der Waals surface area contributed by atoms with Gasteiger partial charge in [-0.25, -0.2) is 9.97 Å². The number of hydrogen-bond acceptors (Lipinski definition) is 4. The molecule has 0 N–H and O–H groups in total. The van der Waals surface area contributed by atoms with Crippen LogP contribution in [-0.2, 0) is 4.79 Å². The molecule has 1 aromatic rings. The summed E-state index contributed by atoms with van der Waals surface area (Å²) in [5.41, 5.74) is 0.995. The van der Waals surface area contributed by atoms with Crippen molar-refractivity contribution in [3.63, 3.8) is 0 Å². The van der Waals surface area contributed by atoms with Gasteiger partial charge in [0, 0.05) is 20.0 Å². The number of carbonyl (C=O) groups is 1. The van der Waals surface area contributed by atoms with Gasteiger partial charge in [0.2, 0.25) is 5.91 Å². The first-order valence-electron chi connectivity index (χ1n) is 5.55. The molecule has 2 aliphatic rings. The van der Waals surface area contributed by atoms with Crippen LogP contribution in [0.15, 0.2) is 6.20 Å². The van der Waals surface area contributed by atoms with Gasteiger partial charge in [-0.3, -0.25) is 9.69 Å². The lowest BCUT2D eigenvalue weighted by Crippen LogP contribution is -2.45. The zero-order chi connectivity index (χ0) is 11.3. The number of aromatic nitrogens is 2. The van der Waals surface area contributed by atoms with Crippen LogP contribution in [0.4, 0.5) is 11.5 Å². The van der Waals surface area contributed by atoms with Crippen molar-refractivity contribution < 1.29 is 4.79 Å². The van der Waals surface area contributed by atoms with Gasteiger partial charge in [-0.1, -0.05) is 0 Å². The molecule has 2 aliphatic heterocycles. The summed E-state index contributed by atoms with van der Waals surface area (Å²) in [5.74, 6) is 1.58. The van der Waals surface area contributed by atoms with Crippen molar-refractivity contribution in [2.45, 2.75) is 26.3 Å². The fourth-order valence-corrected chi connectivity index (χ4v) is 2.60. The lowest BCUT2D eigenvalue weighted by molar-refractivity contribution is -0.117. The molecule has 0 spiro atoms. The molecule has 0 radical (unpaired) electrons. The van der Waals surface area contributed by atoms with Gasteiger partial charge in [0.05, 0.1) is 17.9 Å². The van der Waals surface area contributed by atoms with Crippen molar-refractivity contribution in [1.29, 1.82) is 0 Å². The molecule has 0 aromatic carbocycles. The Labute approximate surface area is 94.1 Å². The minimum absolute atomic E-state index is 0.0749. The van der Waals surface area contributed by atoms with E-state index in [1.807, 2.05) is 18.0 Å². The minimum Gasteiger partial charge on any atom is -0.365 e. The Balaban J connectivity index is 2.17. The SMILES string of the molecule is CC(=O)N1c2nc(C)ncc2N2CCC1C2. The molecular weight excluding hydrogens is 204 g/mol. The monoisotopic (exact) mass is 218 g/mol. The summed E-state index contributed by atoms with van der Waals surface area (Å²) in [6.45, 7) is 5.37. The van der Waals surface area contributed by atoms with Crippen LogP contribution in [-0.4, -0.2) is 35.0 Å². The predicted molar refractivity (Wildman–Crippen MR) is 60.5 cm³/mol. The molecule has 5 heteroatoms. The highest BCUT2D eigenvalue weighted by Crippen LogP contribution is 2.37. The lowest BCUT2D eigenvalue weighted by Gasteiger charge is -2.34. The van der Waals surface area contributed by atoms with Crippen LogP contribution < -0.4 is 9.80 Å². The van der Waals surface area contributed by atoms with E-state index < -0.39 is 0 Å². The van der Waals surface area contributed by atoms with Crippen molar-refractivity contribution in [2.24, 2.45) is 0 Å². The van der Waals surface area contributed by atoms with E-state index in [1.165, 1.54) is 0 Å². The minimum atomic E-state index is 0.0749. The third kappa shape index (κ3) is 1.20. The van der Waals surface area contributed by atoms with Gasteiger partial charge in [-0.05, 0) is 13.3 Å². The molecule has 16 heavy (non-hydrogen) atoms. The van der Waals surface area contributed by atoms with E-state index in [4.69, 9.17) is 0 Å². The van der Waals surface area contributed by atoms with Crippen molar-refractivity contribution in [2.75, 3.05) is 22.9 Å². The topological polar surface area (TPSA) is 49.3 Å². The highest BCUT2D eigenvalue weighted by molar-refractivity contribution is 5.96. The lowest BCUT2D eigenvalue weighted by atomic mass is 10.2. The zero-order valence-electron chi connectivity index (χ0n) is 9.47. The Bertz CT molecular complexity index is 459. The van der Waals surface area contributed by atoms with Crippen LogP contribution in [0.2, 0.25) is 0 Å². The van der Waals surface area contributed by atoms with Gasteiger partial charge in [-0.15, -0.1) is 0 Å². The van der Waals surface area contributed by atoms with Crippen LogP contribution in [0.5, 0.6) is 0 Å². The second-order valence-electron chi connectivity index (χ2n) is 4.40. The maximum atomic E-state index is 11.7. The fraction of sp³-hybridized carbons (Fsp3) is 0.545. The second kappa shape index (κ2) is 3.17. The first-order valence-corrected chi connectivity index (χ1v) is 5.55. The summed E-state index contributed by atoms with van der Waals surface area (Å²) in [6.07, 6.45) is 2.85. The summed E-state index contributed by atoms with van der Waals surface area (Å²) in [5, 5.41) is 0. The van der Waals surface area contributed by atoms with Crippen molar-refractivity contribution in [3.8, 4) is 0 Å². The smallest absolute Gasteiger partial charge is 0.225 e. The summed E-state index contributed by atoms with van der Waals surface area (Å²) < 4.78 is 0. The average Bonchev–Trinajstić information content (AvgIpc) is 2.62. The van der Waals surface area contributed by atoms with Gasteiger partial charge in [0.25, 0.3) is 0 Å². The summed E-state index contributed by atoms with van der Waals surface area (Å²) in [7, 11) is 0. The Morgan fingerprint density at radius 2 is 2.38 bits per heavy atom. The molecule has 1 aromatic heterocycles. The number of aryl methyl sites for hydroxylation is 1. The Kier molecular flexibility index (Phi) is 1.89. The standard InChI is InChI=1S/C11H14N4O/c1-7-12-5-10-11(13-7)15(8(2)16)9-3-4-14(10)6-9/h5,9H,3-4,6H2,1-2H3. The Morgan fingerprint density at radius 1 is 1.56 bits per heavy atom. The van der Waals surface area contributed by atoms with E-state index >= 15 is 0 Å². The summed E-state index contributed by atoms with van der Waals surface area (Å²) in [4.78, 5) is 24.4. The predicted octanol–water partition coefficient (Wildman–Crippen LogP) is 0.730. The molecule has 3 heterocycles. The highest BCUT2D eigenvalue weighted by Gasteiger charge is 2.38. The largest absolute Gasteiger partial charge is 0.365 e. The van der Waals surface area contributed by atoms with E-state index in [9.17, 15) is 4.79 Å². The molecule has 2 bridgehead atoms. The first-order chi connectivity index (χ1) is 7.66. The molecule has 1 fully saturated rings. The van der Waals surface area contributed by atoms with Crippen molar-refractivity contribution in [1.82, 2.24) is 9.97 Å². The van der Waals surface area contributed by atoms with Crippen molar-refractivity contribution in [3.05, 3.63) is 12.0 Å². The quantitative estimate of drug-likeness (QED) is 0.644. The van der Waals surface area contributed by atoms with Crippen LogP contribution in [0.25, 0.3) is 0 Å². The van der Waals surface area contributed by atoms with Gasteiger partial charge in [0.15, 0.2) is 5.82 Å². The fourth-order valence-electron chi connectivity index (χ4n) is 2.60. The summed E-state index contributed by atoms with van der Waals surface area (Å²) in [6, 6.07) is 0.291. The number of fused-ring (bicyclic) bond motifs is 4. The number of rotatable bonds is 0. The maximum absolute atomic E-state index is 11.7. The summed E-state index contributed by atoms with van der Waals surface area (Å²) >= 11 is 0. The van der Waals surface area contributed by atoms with E-state index in [0.29, 0.717) is 11.9 Å².